The van der Waals surface area contributed by atoms with Gasteiger partial charge in [0, 0.05) is 19.1 Å². The molecule has 3 nitrogen and oxygen atoms in total. The highest BCUT2D eigenvalue weighted by atomic mass is 15.2. The second-order valence-electron chi connectivity index (χ2n) is 4.83. The molecule has 1 N–H and O–H groups in total. The van der Waals surface area contributed by atoms with Gasteiger partial charge in [-0.25, -0.2) is 0 Å². The number of piperidine rings is 1. The maximum atomic E-state index is 9.13. The van der Waals surface area contributed by atoms with Crippen LogP contribution in [0.5, 0.6) is 0 Å². The van der Waals surface area contributed by atoms with Gasteiger partial charge >= 0.3 is 0 Å². The van der Waals surface area contributed by atoms with Gasteiger partial charge in [-0.05, 0) is 37.6 Å². The van der Waals surface area contributed by atoms with Crippen LogP contribution < -0.4 is 5.32 Å². The number of nitrogens with one attached hydrogen (secondary N) is 1. The van der Waals surface area contributed by atoms with E-state index in [9.17, 15) is 0 Å². The lowest BCUT2D eigenvalue weighted by molar-refractivity contribution is 0.166. The molecule has 18 heavy (non-hydrogen) atoms. The van der Waals surface area contributed by atoms with Crippen molar-refractivity contribution in [2.24, 2.45) is 0 Å². The topological polar surface area (TPSA) is 39.1 Å². The minimum Gasteiger partial charge on any atom is -0.315 e. The van der Waals surface area contributed by atoms with E-state index in [2.05, 4.69) is 29.3 Å². The molecule has 1 unspecified atom stereocenters. The van der Waals surface area contributed by atoms with E-state index < -0.39 is 0 Å². The molecule has 1 heterocycles. The highest BCUT2D eigenvalue weighted by Crippen LogP contribution is 2.16. The van der Waals surface area contributed by atoms with Crippen LogP contribution in [0.4, 0.5) is 0 Å². The Labute approximate surface area is 109 Å². The van der Waals surface area contributed by atoms with E-state index in [1.165, 1.54) is 12.8 Å². The number of hydrogen-bond donors (Lipinski definition) is 1. The SMILES string of the molecule is CCN(Cc1ccccc1C#N)C1CCCNC1. The zero-order valence-electron chi connectivity index (χ0n) is 11.0. The first-order valence-electron chi connectivity index (χ1n) is 6.78. The molecule has 1 saturated heterocycles. The Morgan fingerprint density at radius 1 is 1.44 bits per heavy atom. The summed E-state index contributed by atoms with van der Waals surface area (Å²) in [6.45, 7) is 6.33. The summed E-state index contributed by atoms with van der Waals surface area (Å²) in [6.07, 6.45) is 2.51. The molecule has 0 saturated carbocycles. The summed E-state index contributed by atoms with van der Waals surface area (Å²) in [7, 11) is 0. The minimum absolute atomic E-state index is 0.607. The van der Waals surface area contributed by atoms with Gasteiger partial charge < -0.3 is 5.32 Å². The molecule has 0 aliphatic carbocycles. The molecule has 96 valence electrons. The first kappa shape index (κ1) is 13.1. The second kappa shape index (κ2) is 6.53. The zero-order valence-corrected chi connectivity index (χ0v) is 11.0. The second-order valence-corrected chi connectivity index (χ2v) is 4.83. The van der Waals surface area contributed by atoms with Gasteiger partial charge in [0.1, 0.15) is 0 Å². The maximum absolute atomic E-state index is 9.13. The van der Waals surface area contributed by atoms with Crippen molar-refractivity contribution in [3.63, 3.8) is 0 Å². The summed E-state index contributed by atoms with van der Waals surface area (Å²) in [5.74, 6) is 0. The fourth-order valence-corrected chi connectivity index (χ4v) is 2.63. The van der Waals surface area contributed by atoms with Gasteiger partial charge in [-0.2, -0.15) is 5.26 Å². The molecule has 0 amide bonds. The van der Waals surface area contributed by atoms with Gasteiger partial charge in [0.25, 0.3) is 0 Å². The third-order valence-corrected chi connectivity index (χ3v) is 3.70. The molecule has 1 atom stereocenters. The first-order valence-corrected chi connectivity index (χ1v) is 6.78. The van der Waals surface area contributed by atoms with Crippen molar-refractivity contribution in [1.82, 2.24) is 10.2 Å². The van der Waals surface area contributed by atoms with Crippen LogP contribution in [0.15, 0.2) is 24.3 Å². The summed E-state index contributed by atoms with van der Waals surface area (Å²) in [5.41, 5.74) is 1.95. The Kier molecular flexibility index (Phi) is 4.74. The smallest absolute Gasteiger partial charge is 0.0995 e. The average Bonchev–Trinajstić information content (AvgIpc) is 2.46. The highest BCUT2D eigenvalue weighted by molar-refractivity contribution is 5.37. The Morgan fingerprint density at radius 3 is 2.94 bits per heavy atom. The number of nitriles is 1. The van der Waals surface area contributed by atoms with Gasteiger partial charge in [-0.3, -0.25) is 4.90 Å². The van der Waals surface area contributed by atoms with Crippen LogP contribution in [0.2, 0.25) is 0 Å². The quantitative estimate of drug-likeness (QED) is 0.880. The molecular weight excluding hydrogens is 222 g/mol. The van der Waals surface area contributed by atoms with E-state index in [0.717, 1.165) is 37.3 Å². The van der Waals surface area contributed by atoms with Gasteiger partial charge in [0.05, 0.1) is 11.6 Å². The fourth-order valence-electron chi connectivity index (χ4n) is 2.63. The summed E-state index contributed by atoms with van der Waals surface area (Å²) in [5, 5.41) is 12.6. The number of likely N-dealkylation sites (N-methyl/N-ethyl adjacent to an activating group) is 1. The predicted molar refractivity (Wildman–Crippen MR) is 73.1 cm³/mol. The average molecular weight is 243 g/mol. The van der Waals surface area contributed by atoms with E-state index in [1.807, 2.05) is 18.2 Å². The summed E-state index contributed by atoms with van der Waals surface area (Å²) in [6, 6.07) is 10.8. The van der Waals surface area contributed by atoms with Gasteiger partial charge in [0.15, 0.2) is 0 Å². The molecule has 1 aromatic rings. The normalized spacial score (nSPS) is 19.7. The van der Waals surface area contributed by atoms with Gasteiger partial charge in [-0.1, -0.05) is 25.1 Å². The van der Waals surface area contributed by atoms with E-state index in [0.29, 0.717) is 6.04 Å². The van der Waals surface area contributed by atoms with E-state index in [1.54, 1.807) is 0 Å². The lowest BCUT2D eigenvalue weighted by Gasteiger charge is -2.34. The Hall–Kier alpha value is -1.37. The molecule has 0 aromatic heterocycles. The lowest BCUT2D eigenvalue weighted by atomic mass is 10.0. The molecule has 1 aromatic carbocycles. The van der Waals surface area contributed by atoms with Crippen LogP contribution >= 0.6 is 0 Å². The number of benzene rings is 1. The Bertz CT molecular complexity index is 416. The van der Waals surface area contributed by atoms with E-state index in [4.69, 9.17) is 5.26 Å². The van der Waals surface area contributed by atoms with Crippen LogP contribution in [-0.2, 0) is 6.54 Å². The molecular formula is C15H21N3. The van der Waals surface area contributed by atoms with Crippen LogP contribution in [0.1, 0.15) is 30.9 Å². The van der Waals surface area contributed by atoms with Crippen molar-refractivity contribution in [2.45, 2.75) is 32.4 Å². The molecule has 3 heteroatoms. The van der Waals surface area contributed by atoms with Gasteiger partial charge in [0.2, 0.25) is 0 Å². The van der Waals surface area contributed by atoms with Crippen molar-refractivity contribution in [3.8, 4) is 6.07 Å². The van der Waals surface area contributed by atoms with Crippen LogP contribution in [0.25, 0.3) is 0 Å². The van der Waals surface area contributed by atoms with Crippen LogP contribution in [0, 0.1) is 11.3 Å². The van der Waals surface area contributed by atoms with Gasteiger partial charge in [-0.15, -0.1) is 0 Å². The molecule has 1 aliphatic heterocycles. The lowest BCUT2D eigenvalue weighted by Crippen LogP contribution is -2.45. The molecule has 1 fully saturated rings. The van der Waals surface area contributed by atoms with Crippen molar-refractivity contribution < 1.29 is 0 Å². The molecule has 0 radical (unpaired) electrons. The van der Waals surface area contributed by atoms with E-state index >= 15 is 0 Å². The summed E-state index contributed by atoms with van der Waals surface area (Å²) >= 11 is 0. The van der Waals surface area contributed by atoms with Crippen molar-refractivity contribution in [2.75, 3.05) is 19.6 Å². The Morgan fingerprint density at radius 2 is 2.28 bits per heavy atom. The van der Waals surface area contributed by atoms with E-state index in [-0.39, 0.29) is 0 Å². The number of hydrogen-bond acceptors (Lipinski definition) is 3. The molecule has 0 bridgehead atoms. The van der Waals surface area contributed by atoms with Crippen molar-refractivity contribution in [1.29, 1.82) is 5.26 Å². The van der Waals surface area contributed by atoms with Crippen molar-refractivity contribution >= 4 is 0 Å². The maximum Gasteiger partial charge on any atom is 0.0995 e. The number of rotatable bonds is 4. The zero-order chi connectivity index (χ0) is 12.8. The minimum atomic E-state index is 0.607. The largest absolute Gasteiger partial charge is 0.315 e. The monoisotopic (exact) mass is 243 g/mol. The van der Waals surface area contributed by atoms with Crippen LogP contribution in [0.3, 0.4) is 0 Å². The third kappa shape index (κ3) is 3.10. The summed E-state index contributed by atoms with van der Waals surface area (Å²) in [4.78, 5) is 2.47. The summed E-state index contributed by atoms with van der Waals surface area (Å²) < 4.78 is 0. The predicted octanol–water partition coefficient (Wildman–Crippen LogP) is 2.13. The Balaban J connectivity index is 2.07. The number of nitrogens with zero attached hydrogens (tertiary/aromatic N) is 2. The molecule has 2 rings (SSSR count). The van der Waals surface area contributed by atoms with Crippen molar-refractivity contribution in [3.05, 3.63) is 35.4 Å². The molecule has 1 aliphatic rings. The highest BCUT2D eigenvalue weighted by Gasteiger charge is 2.20. The van der Waals surface area contributed by atoms with Crippen LogP contribution in [-0.4, -0.2) is 30.6 Å². The third-order valence-electron chi connectivity index (χ3n) is 3.70. The first-order chi connectivity index (χ1) is 8.85. The standard InChI is InChI=1S/C15H21N3/c1-2-18(15-8-5-9-17-11-15)12-14-7-4-3-6-13(14)10-16/h3-4,6-7,15,17H,2,5,8-9,11-12H2,1H3. The fraction of sp³-hybridized carbons (Fsp3) is 0.533. The molecule has 0 spiro atoms.